The smallest absolute Gasteiger partial charge is 0.260 e. The molecule has 0 atom stereocenters. The number of aryl methyl sites for hydroxylation is 2. The molecule has 5 aromatic rings. The fourth-order valence-corrected chi connectivity index (χ4v) is 4.11. The molecule has 5 rings (SSSR count). The highest BCUT2D eigenvalue weighted by molar-refractivity contribution is 7.99. The van der Waals surface area contributed by atoms with E-state index in [2.05, 4.69) is 57.3 Å². The Hall–Kier alpha value is -3.00. The van der Waals surface area contributed by atoms with Crippen LogP contribution >= 0.6 is 11.8 Å². The molecule has 3 heterocycles. The van der Waals surface area contributed by atoms with Gasteiger partial charge in [-0.1, -0.05) is 41.6 Å². The molecule has 3 aromatic heterocycles. The number of hydrogen-bond acceptors (Lipinski definition) is 5. The first kappa shape index (κ1) is 17.1. The summed E-state index contributed by atoms with van der Waals surface area (Å²) in [4.78, 5) is 0. The van der Waals surface area contributed by atoms with Crippen LogP contribution in [-0.4, -0.2) is 41.1 Å². The topological polar surface area (TPSA) is 61.7 Å². The number of benzene rings is 2. The van der Waals surface area contributed by atoms with Crippen molar-refractivity contribution in [2.24, 2.45) is 0 Å². The molecule has 0 radical (unpaired) electrons. The Morgan fingerprint density at radius 3 is 2.54 bits per heavy atom. The number of imidazole rings is 1. The number of nitrogens with zero attached hydrogens (tertiary/aromatic N) is 6. The number of thioether (sulfide) groups is 1. The van der Waals surface area contributed by atoms with E-state index >= 15 is 0 Å². The van der Waals surface area contributed by atoms with E-state index in [1.54, 1.807) is 11.8 Å². The molecular weight excluding hydrogens is 372 g/mol. The van der Waals surface area contributed by atoms with Gasteiger partial charge in [0.25, 0.3) is 5.78 Å². The second-order valence-electron chi connectivity index (χ2n) is 6.57. The molecule has 0 bridgehead atoms. The Morgan fingerprint density at radius 2 is 1.75 bits per heavy atom. The molecule has 0 aliphatic heterocycles. The Morgan fingerprint density at radius 1 is 0.964 bits per heavy atom. The van der Waals surface area contributed by atoms with E-state index in [9.17, 15) is 0 Å². The first-order valence-corrected chi connectivity index (χ1v) is 10.3. The highest BCUT2D eigenvalue weighted by Crippen LogP contribution is 2.24. The molecule has 0 spiro atoms. The number of para-hydroxylation sites is 2. The van der Waals surface area contributed by atoms with Gasteiger partial charge < -0.3 is 9.30 Å². The molecule has 142 valence electrons. The third-order valence-corrected chi connectivity index (χ3v) is 5.64. The van der Waals surface area contributed by atoms with Crippen molar-refractivity contribution >= 4 is 34.4 Å². The zero-order valence-electron chi connectivity index (χ0n) is 15.7. The predicted molar refractivity (Wildman–Crippen MR) is 110 cm³/mol. The number of rotatable bonds is 6. The highest BCUT2D eigenvalue weighted by atomic mass is 32.2. The maximum absolute atomic E-state index is 5.80. The summed E-state index contributed by atoms with van der Waals surface area (Å²) in [6, 6.07) is 16.4. The average Bonchev–Trinajstić information content (AvgIpc) is 3.36. The number of ether oxygens (including phenoxy) is 1. The fourth-order valence-electron chi connectivity index (χ4n) is 3.42. The van der Waals surface area contributed by atoms with E-state index in [0.29, 0.717) is 6.61 Å². The molecule has 0 saturated heterocycles. The van der Waals surface area contributed by atoms with Gasteiger partial charge in [0, 0.05) is 12.3 Å². The number of aromatic nitrogens is 6. The monoisotopic (exact) mass is 392 g/mol. The molecule has 0 amide bonds. The van der Waals surface area contributed by atoms with E-state index in [1.807, 2.05) is 28.8 Å². The molecule has 0 N–H and O–H groups in total. The second kappa shape index (κ2) is 6.87. The summed E-state index contributed by atoms with van der Waals surface area (Å²) >= 11 is 1.60. The maximum atomic E-state index is 5.80. The summed E-state index contributed by atoms with van der Waals surface area (Å²) in [6.45, 7) is 5.63. The van der Waals surface area contributed by atoms with Crippen LogP contribution < -0.4 is 4.74 Å². The minimum atomic E-state index is 0.597. The molecule has 7 nitrogen and oxygen atoms in total. The third kappa shape index (κ3) is 2.72. The largest absolute Gasteiger partial charge is 0.493 e. The van der Waals surface area contributed by atoms with Crippen molar-refractivity contribution in [1.82, 2.24) is 28.8 Å². The van der Waals surface area contributed by atoms with Crippen LogP contribution in [-0.2, 0) is 6.54 Å². The minimum Gasteiger partial charge on any atom is -0.493 e. The summed E-state index contributed by atoms with van der Waals surface area (Å²) in [5.74, 6) is 3.27. The van der Waals surface area contributed by atoms with Gasteiger partial charge in [-0.15, -0.1) is 15.3 Å². The van der Waals surface area contributed by atoms with Gasteiger partial charge in [-0.2, -0.15) is 4.52 Å². The fraction of sp³-hybridized carbons (Fsp3) is 0.250. The zero-order chi connectivity index (χ0) is 19.1. The average molecular weight is 392 g/mol. The quantitative estimate of drug-likeness (QED) is 0.325. The van der Waals surface area contributed by atoms with Crippen molar-refractivity contribution < 1.29 is 4.74 Å². The lowest BCUT2D eigenvalue weighted by molar-refractivity contribution is 0.344. The lowest BCUT2D eigenvalue weighted by Crippen LogP contribution is -2.01. The van der Waals surface area contributed by atoms with Gasteiger partial charge in [0.05, 0.1) is 17.6 Å². The number of hydrogen-bond donors (Lipinski definition) is 0. The molecular formula is C20H20N6OS. The zero-order valence-corrected chi connectivity index (χ0v) is 16.6. The summed E-state index contributed by atoms with van der Waals surface area (Å²) in [5.41, 5.74) is 3.47. The van der Waals surface area contributed by atoms with Gasteiger partial charge in [0.1, 0.15) is 5.75 Å². The second-order valence-corrected chi connectivity index (χ2v) is 7.63. The summed E-state index contributed by atoms with van der Waals surface area (Å²) < 4.78 is 11.9. The summed E-state index contributed by atoms with van der Waals surface area (Å²) in [6.07, 6.45) is 0. The van der Waals surface area contributed by atoms with Gasteiger partial charge in [0.15, 0.2) is 0 Å². The van der Waals surface area contributed by atoms with E-state index in [-0.39, 0.29) is 0 Å². The third-order valence-electron chi connectivity index (χ3n) is 4.76. The Bertz CT molecular complexity index is 1270. The van der Waals surface area contributed by atoms with E-state index in [1.165, 1.54) is 5.56 Å². The lowest BCUT2D eigenvalue weighted by Gasteiger charge is -2.05. The van der Waals surface area contributed by atoms with Gasteiger partial charge in [-0.05, 0) is 38.1 Å². The van der Waals surface area contributed by atoms with Crippen molar-refractivity contribution in [3.05, 3.63) is 54.1 Å². The predicted octanol–water partition coefficient (Wildman–Crippen LogP) is 3.83. The van der Waals surface area contributed by atoms with Gasteiger partial charge >= 0.3 is 0 Å². The molecule has 8 heteroatoms. The molecule has 28 heavy (non-hydrogen) atoms. The normalized spacial score (nSPS) is 11.8. The van der Waals surface area contributed by atoms with Crippen LogP contribution in [0.15, 0.2) is 53.7 Å². The molecule has 0 saturated carbocycles. The van der Waals surface area contributed by atoms with Crippen LogP contribution in [0.3, 0.4) is 0 Å². The molecule has 0 fully saturated rings. The molecule has 0 unspecified atom stereocenters. The first-order chi connectivity index (χ1) is 13.8. The van der Waals surface area contributed by atoms with Crippen LogP contribution in [0.4, 0.5) is 0 Å². The van der Waals surface area contributed by atoms with Crippen LogP contribution in [0.5, 0.6) is 5.75 Å². The van der Waals surface area contributed by atoms with E-state index in [0.717, 1.165) is 45.8 Å². The van der Waals surface area contributed by atoms with Gasteiger partial charge in [-0.25, -0.2) is 4.40 Å². The Labute approximate surface area is 165 Å². The lowest BCUT2D eigenvalue weighted by atomic mass is 10.2. The van der Waals surface area contributed by atoms with Crippen molar-refractivity contribution in [3.63, 3.8) is 0 Å². The van der Waals surface area contributed by atoms with Crippen molar-refractivity contribution in [2.45, 2.75) is 25.5 Å². The minimum absolute atomic E-state index is 0.597. The van der Waals surface area contributed by atoms with Crippen LogP contribution in [0.1, 0.15) is 12.5 Å². The molecule has 2 aromatic carbocycles. The Balaban J connectivity index is 1.40. The van der Waals surface area contributed by atoms with E-state index < -0.39 is 0 Å². The van der Waals surface area contributed by atoms with Crippen LogP contribution in [0.25, 0.3) is 22.6 Å². The highest BCUT2D eigenvalue weighted by Gasteiger charge is 2.19. The SMILES string of the molecule is CCn1c2ccccc2n2c1nn1c(SCCOc3ccc(C)cc3)nnc12. The van der Waals surface area contributed by atoms with Gasteiger partial charge in [-0.3, -0.25) is 0 Å². The van der Waals surface area contributed by atoms with E-state index in [4.69, 9.17) is 9.84 Å². The number of fused-ring (bicyclic) bond motifs is 5. The van der Waals surface area contributed by atoms with Gasteiger partial charge in [0.2, 0.25) is 10.9 Å². The van der Waals surface area contributed by atoms with Crippen LogP contribution in [0.2, 0.25) is 0 Å². The van der Waals surface area contributed by atoms with Crippen molar-refractivity contribution in [2.75, 3.05) is 12.4 Å². The van der Waals surface area contributed by atoms with Crippen molar-refractivity contribution in [3.8, 4) is 5.75 Å². The summed E-state index contributed by atoms with van der Waals surface area (Å²) in [5, 5.41) is 14.3. The molecule has 0 aliphatic carbocycles. The summed E-state index contributed by atoms with van der Waals surface area (Å²) in [7, 11) is 0. The molecule has 0 aliphatic rings. The first-order valence-electron chi connectivity index (χ1n) is 9.29. The maximum Gasteiger partial charge on any atom is 0.260 e. The standard InChI is InChI=1S/C20H20N6OS/c1-3-24-16-6-4-5-7-17(16)25-18-21-22-20(26(18)23-19(24)25)28-13-12-27-15-10-8-14(2)9-11-15/h4-11H,3,12-13H2,1-2H3. The Kier molecular flexibility index (Phi) is 4.20. The van der Waals surface area contributed by atoms with Crippen molar-refractivity contribution in [1.29, 1.82) is 0 Å². The van der Waals surface area contributed by atoms with Crippen LogP contribution in [0, 0.1) is 6.92 Å².